The van der Waals surface area contributed by atoms with Crippen molar-refractivity contribution in [3.05, 3.63) is 25.5 Å². The number of phenols is 1. The van der Waals surface area contributed by atoms with Crippen LogP contribution in [-0.4, -0.2) is 22.8 Å². The minimum Gasteiger partial charge on any atom is -0.504 e. The van der Waals surface area contributed by atoms with E-state index in [1.165, 1.54) is 6.08 Å². The number of rotatable bonds is 3. The number of nitrogens with two attached hydrogens (primary N) is 1. The number of thioether (sulfide) groups is 1. The van der Waals surface area contributed by atoms with Crippen molar-refractivity contribution in [1.29, 1.82) is 0 Å². The molecule has 2 rings (SSSR count). The van der Waals surface area contributed by atoms with E-state index in [9.17, 15) is 9.90 Å². The molecule has 0 radical (unpaired) electrons. The largest absolute Gasteiger partial charge is 0.504 e. The number of phenolic OH excluding ortho intramolecular Hbond substituents is 1. The molecule has 106 valence electrons. The second-order valence-corrected chi connectivity index (χ2v) is 6.44. The van der Waals surface area contributed by atoms with Gasteiger partial charge in [0.25, 0.3) is 5.91 Å². The van der Waals surface area contributed by atoms with E-state index in [1.807, 2.05) is 6.92 Å². The number of amides is 1. The van der Waals surface area contributed by atoms with Crippen molar-refractivity contribution in [2.45, 2.75) is 6.92 Å². The molecule has 5 nitrogen and oxygen atoms in total. The van der Waals surface area contributed by atoms with Gasteiger partial charge in [-0.15, -0.1) is 0 Å². The van der Waals surface area contributed by atoms with Crippen molar-refractivity contribution in [2.75, 3.05) is 6.61 Å². The molecule has 1 heterocycles. The number of carbonyl (C=O) groups excluding carboxylic acids is 1. The Morgan fingerprint density at radius 1 is 1.55 bits per heavy atom. The van der Waals surface area contributed by atoms with Gasteiger partial charge >= 0.3 is 0 Å². The van der Waals surface area contributed by atoms with Gasteiger partial charge in [-0.25, -0.2) is 0 Å². The van der Waals surface area contributed by atoms with Crippen molar-refractivity contribution in [1.82, 2.24) is 0 Å². The fraction of sp³-hybridized carbons (Fsp3) is 0.167. The number of ether oxygens (including phenoxy) is 1. The molecule has 3 N–H and O–H groups in total. The van der Waals surface area contributed by atoms with Gasteiger partial charge < -0.3 is 15.6 Å². The van der Waals surface area contributed by atoms with Crippen LogP contribution in [-0.2, 0) is 4.79 Å². The van der Waals surface area contributed by atoms with E-state index >= 15 is 0 Å². The number of nitrogens with zero attached hydrogens (tertiary/aromatic N) is 1. The summed E-state index contributed by atoms with van der Waals surface area (Å²) in [7, 11) is 0. The van der Waals surface area contributed by atoms with Crippen molar-refractivity contribution in [3.63, 3.8) is 0 Å². The highest BCUT2D eigenvalue weighted by molar-refractivity contribution is 9.13. The summed E-state index contributed by atoms with van der Waals surface area (Å²) in [5.74, 6) is -0.135. The zero-order chi connectivity index (χ0) is 14.9. The van der Waals surface area contributed by atoms with E-state index in [0.717, 1.165) is 11.8 Å². The lowest BCUT2D eigenvalue weighted by Gasteiger charge is -2.12. The summed E-state index contributed by atoms with van der Waals surface area (Å²) in [6, 6.07) is 1.65. The first kappa shape index (κ1) is 15.4. The molecule has 1 aromatic carbocycles. The van der Waals surface area contributed by atoms with Crippen LogP contribution < -0.4 is 10.5 Å². The lowest BCUT2D eigenvalue weighted by atomic mass is 10.1. The second kappa shape index (κ2) is 6.19. The van der Waals surface area contributed by atoms with E-state index in [-0.39, 0.29) is 10.9 Å². The molecule has 0 saturated heterocycles. The van der Waals surface area contributed by atoms with Crippen molar-refractivity contribution in [2.24, 2.45) is 10.7 Å². The molecule has 20 heavy (non-hydrogen) atoms. The van der Waals surface area contributed by atoms with Crippen molar-refractivity contribution in [3.8, 4) is 11.5 Å². The molecule has 1 aliphatic rings. The summed E-state index contributed by atoms with van der Waals surface area (Å²) in [4.78, 5) is 15.6. The van der Waals surface area contributed by atoms with Crippen LogP contribution >= 0.6 is 43.6 Å². The summed E-state index contributed by atoms with van der Waals surface area (Å²) in [6.45, 7) is 2.24. The predicted molar refractivity (Wildman–Crippen MR) is 86.9 cm³/mol. The molecular weight excluding hydrogens is 412 g/mol. The van der Waals surface area contributed by atoms with E-state index in [0.29, 0.717) is 31.8 Å². The number of hydrogen-bond acceptors (Lipinski definition) is 5. The first-order valence-corrected chi connectivity index (χ1v) is 7.96. The number of hydrogen-bond donors (Lipinski definition) is 2. The van der Waals surface area contributed by atoms with E-state index in [4.69, 9.17) is 10.5 Å². The van der Waals surface area contributed by atoms with Crippen LogP contribution in [0.3, 0.4) is 0 Å². The molecule has 1 aliphatic heterocycles. The molecule has 0 spiro atoms. The smallest absolute Gasteiger partial charge is 0.286 e. The van der Waals surface area contributed by atoms with Crippen molar-refractivity contribution >= 4 is 60.8 Å². The normalized spacial score (nSPS) is 16.6. The van der Waals surface area contributed by atoms with Crippen LogP contribution in [0.25, 0.3) is 6.08 Å². The number of aliphatic imine (C=N–C) groups is 1. The predicted octanol–water partition coefficient (Wildman–Crippen LogP) is 3.24. The monoisotopic (exact) mass is 420 g/mol. The summed E-state index contributed by atoms with van der Waals surface area (Å²) < 4.78 is 6.67. The van der Waals surface area contributed by atoms with Crippen LogP contribution in [0.4, 0.5) is 0 Å². The Morgan fingerprint density at radius 2 is 2.25 bits per heavy atom. The lowest BCUT2D eigenvalue weighted by Crippen LogP contribution is -2.01. The number of benzene rings is 1. The Labute approximate surface area is 136 Å². The highest BCUT2D eigenvalue weighted by atomic mass is 79.9. The maximum Gasteiger partial charge on any atom is 0.286 e. The quantitative estimate of drug-likeness (QED) is 0.731. The fourth-order valence-electron chi connectivity index (χ4n) is 1.57. The highest BCUT2D eigenvalue weighted by Crippen LogP contribution is 2.43. The van der Waals surface area contributed by atoms with Crippen LogP contribution in [0.15, 0.2) is 24.9 Å². The van der Waals surface area contributed by atoms with Gasteiger partial charge in [0.1, 0.15) is 0 Å². The molecule has 0 unspecified atom stereocenters. The average molecular weight is 422 g/mol. The molecule has 0 atom stereocenters. The van der Waals surface area contributed by atoms with Gasteiger partial charge in [-0.1, -0.05) is 0 Å². The van der Waals surface area contributed by atoms with E-state index in [1.54, 1.807) is 6.07 Å². The molecule has 8 heteroatoms. The first-order valence-electron chi connectivity index (χ1n) is 5.55. The summed E-state index contributed by atoms with van der Waals surface area (Å²) in [6.07, 6.45) is 1.53. The number of amidine groups is 1. The lowest BCUT2D eigenvalue weighted by molar-refractivity contribution is -0.113. The Balaban J connectivity index is 2.51. The minimum atomic E-state index is -0.420. The molecule has 1 amide bonds. The third-order valence-electron chi connectivity index (χ3n) is 2.40. The Hall–Kier alpha value is -0.990. The fourth-order valence-corrected chi connectivity index (χ4v) is 3.07. The summed E-state index contributed by atoms with van der Waals surface area (Å²) in [5.41, 5.74) is 5.93. The van der Waals surface area contributed by atoms with Gasteiger partial charge in [0.05, 0.1) is 11.5 Å². The van der Waals surface area contributed by atoms with Gasteiger partial charge in [0.2, 0.25) is 0 Å². The third-order valence-corrected chi connectivity index (χ3v) is 5.23. The molecule has 0 aromatic heterocycles. The number of carbonyl (C=O) groups is 1. The molecular formula is C12H10Br2N2O3S. The van der Waals surface area contributed by atoms with Gasteiger partial charge in [-0.05, 0) is 62.7 Å². The van der Waals surface area contributed by atoms with Gasteiger partial charge in [-0.2, -0.15) is 4.99 Å². The topological polar surface area (TPSA) is 84.9 Å². The maximum atomic E-state index is 11.6. The van der Waals surface area contributed by atoms with Crippen LogP contribution in [0, 0.1) is 0 Å². The molecule has 1 aromatic rings. The SMILES string of the molecule is CCOc1cc(Br)c(Br)c(/C=C2/SC(N)=NC2=O)c1O. The number of aromatic hydroxyl groups is 1. The summed E-state index contributed by atoms with van der Waals surface area (Å²) in [5, 5.41) is 10.4. The molecule has 0 bridgehead atoms. The van der Waals surface area contributed by atoms with Gasteiger partial charge in [0.15, 0.2) is 16.7 Å². The Bertz CT molecular complexity index is 644. The van der Waals surface area contributed by atoms with Crippen molar-refractivity contribution < 1.29 is 14.6 Å². The Morgan fingerprint density at radius 3 is 2.80 bits per heavy atom. The molecule has 0 fully saturated rings. The van der Waals surface area contributed by atoms with Gasteiger partial charge in [0, 0.05) is 14.5 Å². The van der Waals surface area contributed by atoms with Gasteiger partial charge in [-0.3, -0.25) is 4.79 Å². The molecule has 0 aliphatic carbocycles. The van der Waals surface area contributed by atoms with Crippen LogP contribution in [0.1, 0.15) is 12.5 Å². The third kappa shape index (κ3) is 3.02. The zero-order valence-electron chi connectivity index (χ0n) is 10.3. The summed E-state index contributed by atoms with van der Waals surface area (Å²) >= 11 is 7.79. The zero-order valence-corrected chi connectivity index (χ0v) is 14.3. The Kier molecular flexibility index (Phi) is 4.77. The van der Waals surface area contributed by atoms with E-state index in [2.05, 4.69) is 36.9 Å². The minimum absolute atomic E-state index is 0.0479. The maximum absolute atomic E-state index is 11.6. The van der Waals surface area contributed by atoms with Crippen LogP contribution in [0.5, 0.6) is 11.5 Å². The number of halogens is 2. The average Bonchev–Trinajstić information content (AvgIpc) is 2.70. The molecule has 0 saturated carbocycles. The highest BCUT2D eigenvalue weighted by Gasteiger charge is 2.22. The van der Waals surface area contributed by atoms with Crippen LogP contribution in [0.2, 0.25) is 0 Å². The standard InChI is InChI=1S/C12H10Br2N2O3S/c1-2-19-7-4-6(13)9(14)5(10(7)17)3-8-11(18)16-12(15)20-8/h3-4,17H,2H2,1H3,(H2,15,16,18)/b8-3+. The van der Waals surface area contributed by atoms with E-state index < -0.39 is 5.91 Å². The second-order valence-electron chi connectivity index (χ2n) is 3.73. The first-order chi connectivity index (χ1) is 9.43.